The molecule has 0 spiro atoms. The summed E-state index contributed by atoms with van der Waals surface area (Å²) in [5.74, 6) is 0. The Kier molecular flexibility index (Phi) is 6.56. The molecule has 0 aliphatic heterocycles. The third kappa shape index (κ3) is 6.16. The first kappa shape index (κ1) is 13.3. The van der Waals surface area contributed by atoms with Crippen LogP contribution in [0.2, 0.25) is 0 Å². The summed E-state index contributed by atoms with van der Waals surface area (Å²) in [6.45, 7) is 4.57. The van der Waals surface area contributed by atoms with Crippen LogP contribution in [-0.2, 0) is 0 Å². The van der Waals surface area contributed by atoms with Crippen molar-refractivity contribution in [3.63, 3.8) is 0 Å². The smallest absolute Gasteiger partial charge is 0.193 e. The number of halogens is 5. The molecule has 68 valence electrons. The summed E-state index contributed by atoms with van der Waals surface area (Å²) in [5.41, 5.74) is -1.40. The van der Waals surface area contributed by atoms with Crippen LogP contribution >= 0.6 is 11.6 Å². The highest BCUT2D eigenvalue weighted by Gasteiger charge is 2.32. The van der Waals surface area contributed by atoms with Crippen molar-refractivity contribution in [2.24, 2.45) is 0 Å². The maximum absolute atomic E-state index is 11.5. The normalized spacial score (nSPS) is 13.1. The fourth-order valence-electron chi connectivity index (χ4n) is 0.107. The SMILES string of the molecule is C/C(=C(\F)Cl)C(F)(F)F.CC. The highest BCUT2D eigenvalue weighted by Crippen LogP contribution is 2.29. The van der Waals surface area contributed by atoms with Gasteiger partial charge in [0.05, 0.1) is 5.57 Å². The van der Waals surface area contributed by atoms with E-state index in [1.54, 1.807) is 0 Å². The van der Waals surface area contributed by atoms with E-state index in [1.807, 2.05) is 13.8 Å². The van der Waals surface area contributed by atoms with Crippen LogP contribution in [0.1, 0.15) is 20.8 Å². The largest absolute Gasteiger partial charge is 0.416 e. The molecule has 0 radical (unpaired) electrons. The van der Waals surface area contributed by atoms with Crippen LogP contribution in [0.15, 0.2) is 10.9 Å². The number of hydrogen-bond donors (Lipinski definition) is 0. The minimum atomic E-state index is -4.65. The molecule has 0 N–H and O–H groups in total. The van der Waals surface area contributed by atoms with E-state index in [0.29, 0.717) is 6.92 Å². The summed E-state index contributed by atoms with van der Waals surface area (Å²) < 4.78 is 45.5. The molecule has 0 unspecified atom stereocenters. The molecule has 0 bridgehead atoms. The Morgan fingerprint density at radius 3 is 1.45 bits per heavy atom. The van der Waals surface area contributed by atoms with E-state index in [9.17, 15) is 17.6 Å². The number of rotatable bonds is 0. The van der Waals surface area contributed by atoms with Crippen molar-refractivity contribution in [2.75, 3.05) is 0 Å². The molecule has 0 aromatic carbocycles. The van der Waals surface area contributed by atoms with Crippen molar-refractivity contribution < 1.29 is 17.6 Å². The van der Waals surface area contributed by atoms with Gasteiger partial charge in [-0.15, -0.1) is 0 Å². The third-order valence-corrected chi connectivity index (χ3v) is 0.992. The second-order valence-corrected chi connectivity index (χ2v) is 1.72. The fourth-order valence-corrected chi connectivity index (χ4v) is 0.214. The molecule has 0 nitrogen and oxygen atoms in total. The monoisotopic (exact) mass is 192 g/mol. The first-order valence-corrected chi connectivity index (χ1v) is 3.32. The second kappa shape index (κ2) is 5.41. The minimum absolute atomic E-state index is 0.572. The van der Waals surface area contributed by atoms with Crippen LogP contribution in [0.25, 0.3) is 0 Å². The van der Waals surface area contributed by atoms with Gasteiger partial charge in [0.15, 0.2) is 5.29 Å². The topological polar surface area (TPSA) is 0 Å². The van der Waals surface area contributed by atoms with Crippen molar-refractivity contribution in [3.05, 3.63) is 10.9 Å². The zero-order valence-corrected chi connectivity index (χ0v) is 7.15. The van der Waals surface area contributed by atoms with Crippen LogP contribution in [0.5, 0.6) is 0 Å². The van der Waals surface area contributed by atoms with Gasteiger partial charge in [-0.05, 0) is 6.92 Å². The predicted octanol–water partition coefficient (Wildman–Crippen LogP) is 4.01. The van der Waals surface area contributed by atoms with Gasteiger partial charge in [0, 0.05) is 0 Å². The average Bonchev–Trinajstić information content (AvgIpc) is 1.89. The fraction of sp³-hybridized carbons (Fsp3) is 0.667. The molecule has 0 aliphatic carbocycles. The molecule has 11 heavy (non-hydrogen) atoms. The van der Waals surface area contributed by atoms with Crippen LogP contribution in [0, 0.1) is 0 Å². The molecule has 5 heteroatoms. The summed E-state index contributed by atoms with van der Waals surface area (Å²) in [6, 6.07) is 0. The van der Waals surface area contributed by atoms with Gasteiger partial charge < -0.3 is 0 Å². The van der Waals surface area contributed by atoms with Crippen LogP contribution < -0.4 is 0 Å². The molecule has 0 aromatic rings. The lowest BCUT2D eigenvalue weighted by atomic mass is 10.3. The van der Waals surface area contributed by atoms with Crippen molar-refractivity contribution >= 4 is 11.6 Å². The lowest BCUT2D eigenvalue weighted by molar-refractivity contribution is -0.0926. The quantitative estimate of drug-likeness (QED) is 0.509. The molecule has 0 amide bonds. The number of alkyl halides is 3. The Bertz CT molecular complexity index is 132. The van der Waals surface area contributed by atoms with Gasteiger partial charge in [-0.3, -0.25) is 0 Å². The zero-order valence-electron chi connectivity index (χ0n) is 6.39. The molecule has 0 saturated carbocycles. The molecule has 0 aromatic heterocycles. The van der Waals surface area contributed by atoms with E-state index in [1.165, 1.54) is 0 Å². The van der Waals surface area contributed by atoms with Gasteiger partial charge in [-0.25, -0.2) is 0 Å². The molecule has 0 rings (SSSR count). The van der Waals surface area contributed by atoms with E-state index < -0.39 is 17.0 Å². The molecule has 0 heterocycles. The molecule has 0 aliphatic rings. The number of allylic oxidation sites excluding steroid dienone is 1. The van der Waals surface area contributed by atoms with Crippen molar-refractivity contribution in [1.82, 2.24) is 0 Å². The molecule has 0 fully saturated rings. The number of hydrogen-bond acceptors (Lipinski definition) is 0. The van der Waals surface area contributed by atoms with E-state index in [-0.39, 0.29) is 0 Å². The van der Waals surface area contributed by atoms with Crippen LogP contribution in [-0.4, -0.2) is 6.18 Å². The third-order valence-electron chi connectivity index (χ3n) is 0.709. The maximum atomic E-state index is 11.5. The van der Waals surface area contributed by atoms with Gasteiger partial charge in [-0.2, -0.15) is 17.6 Å². The maximum Gasteiger partial charge on any atom is 0.416 e. The van der Waals surface area contributed by atoms with E-state index >= 15 is 0 Å². The highest BCUT2D eigenvalue weighted by molar-refractivity contribution is 6.28. The van der Waals surface area contributed by atoms with Crippen LogP contribution in [0.4, 0.5) is 17.6 Å². The standard InChI is InChI=1S/C4H3ClF4.C2H6/c1-2(3(5)6)4(7,8)9;1-2/h1H3;1-2H3/b3-2+;. The average molecular weight is 193 g/mol. The summed E-state index contributed by atoms with van der Waals surface area (Å²) in [7, 11) is 0. The zero-order chi connectivity index (χ0) is 9.65. The Labute approximate surface area is 67.8 Å². The van der Waals surface area contributed by atoms with E-state index in [4.69, 9.17) is 0 Å². The van der Waals surface area contributed by atoms with Gasteiger partial charge in [0.1, 0.15) is 0 Å². The highest BCUT2D eigenvalue weighted by atomic mass is 35.5. The first-order valence-electron chi connectivity index (χ1n) is 2.94. The minimum Gasteiger partial charge on any atom is -0.193 e. The lowest BCUT2D eigenvalue weighted by Gasteiger charge is -2.03. The summed E-state index contributed by atoms with van der Waals surface area (Å²) in [5, 5.41) is -1.71. The first-order chi connectivity index (χ1) is 4.85. The Morgan fingerprint density at radius 1 is 1.18 bits per heavy atom. The molecular formula is C6H9ClF4. The molecule has 0 atom stereocenters. The Balaban J connectivity index is 0. The van der Waals surface area contributed by atoms with E-state index in [2.05, 4.69) is 11.6 Å². The molecule has 0 saturated heterocycles. The van der Waals surface area contributed by atoms with Crippen LogP contribution in [0.3, 0.4) is 0 Å². The lowest BCUT2D eigenvalue weighted by Crippen LogP contribution is -2.09. The van der Waals surface area contributed by atoms with Gasteiger partial charge >= 0.3 is 6.18 Å². The summed E-state index contributed by atoms with van der Waals surface area (Å²) >= 11 is 4.41. The van der Waals surface area contributed by atoms with Crippen molar-refractivity contribution in [2.45, 2.75) is 26.9 Å². The van der Waals surface area contributed by atoms with Crippen molar-refractivity contribution in [3.8, 4) is 0 Å². The van der Waals surface area contributed by atoms with Gasteiger partial charge in [0.2, 0.25) is 0 Å². The van der Waals surface area contributed by atoms with E-state index in [0.717, 1.165) is 0 Å². The predicted molar refractivity (Wildman–Crippen MR) is 37.1 cm³/mol. The Hall–Kier alpha value is -0.250. The summed E-state index contributed by atoms with van der Waals surface area (Å²) in [6.07, 6.45) is -4.65. The van der Waals surface area contributed by atoms with Gasteiger partial charge in [0.25, 0.3) is 0 Å². The van der Waals surface area contributed by atoms with Gasteiger partial charge in [-0.1, -0.05) is 25.4 Å². The van der Waals surface area contributed by atoms with Crippen molar-refractivity contribution in [1.29, 1.82) is 0 Å². The summed E-state index contributed by atoms with van der Waals surface area (Å²) in [4.78, 5) is 0. The molecular weight excluding hydrogens is 184 g/mol. The second-order valence-electron chi connectivity index (χ2n) is 1.38. The Morgan fingerprint density at radius 2 is 1.45 bits per heavy atom.